The van der Waals surface area contributed by atoms with Crippen LogP contribution in [0.15, 0.2) is 12.1 Å². The highest BCUT2D eigenvalue weighted by Crippen LogP contribution is 2.31. The van der Waals surface area contributed by atoms with E-state index in [1.807, 2.05) is 6.07 Å². The van der Waals surface area contributed by atoms with Crippen molar-refractivity contribution in [2.75, 3.05) is 19.6 Å². The molecule has 2 rings (SSSR count). The van der Waals surface area contributed by atoms with Gasteiger partial charge in [0.25, 0.3) is 0 Å². The number of thiophene rings is 1. The number of piperidine rings is 1. The van der Waals surface area contributed by atoms with Crippen molar-refractivity contribution in [3.63, 3.8) is 0 Å². The summed E-state index contributed by atoms with van der Waals surface area (Å²) in [6, 6.07) is 5.39. The van der Waals surface area contributed by atoms with Gasteiger partial charge in [0.2, 0.25) is 0 Å². The number of nitrogens with zero attached hydrogens (tertiary/aromatic N) is 1. The van der Waals surface area contributed by atoms with Crippen LogP contribution in [0.2, 0.25) is 4.34 Å². The smallest absolute Gasteiger partial charge is 0.0931 e. The average molecular weight is 273 g/mol. The maximum absolute atomic E-state index is 6.00. The molecule has 0 radical (unpaired) electrons. The van der Waals surface area contributed by atoms with E-state index in [4.69, 9.17) is 11.6 Å². The van der Waals surface area contributed by atoms with Crippen molar-refractivity contribution in [2.45, 2.75) is 38.8 Å². The lowest BCUT2D eigenvalue weighted by Crippen LogP contribution is -2.43. The van der Waals surface area contributed by atoms with Gasteiger partial charge in [0, 0.05) is 30.1 Å². The lowest BCUT2D eigenvalue weighted by Gasteiger charge is -2.35. The first-order chi connectivity index (χ1) is 8.20. The predicted octanol–water partition coefficient (Wildman–Crippen LogP) is 3.54. The van der Waals surface area contributed by atoms with Crippen LogP contribution in [0, 0.1) is 0 Å². The minimum atomic E-state index is 0.509. The lowest BCUT2D eigenvalue weighted by atomic mass is 10.0. The second kappa shape index (κ2) is 6.19. The van der Waals surface area contributed by atoms with Crippen LogP contribution in [0.25, 0.3) is 0 Å². The highest BCUT2D eigenvalue weighted by molar-refractivity contribution is 7.16. The first-order valence-electron chi connectivity index (χ1n) is 6.43. The summed E-state index contributed by atoms with van der Waals surface area (Å²) >= 11 is 7.71. The van der Waals surface area contributed by atoms with Crippen LogP contribution >= 0.6 is 22.9 Å². The summed E-state index contributed by atoms with van der Waals surface area (Å²) in [5.74, 6) is 0. The molecule has 0 bridgehead atoms. The Morgan fingerprint density at radius 1 is 1.47 bits per heavy atom. The maximum atomic E-state index is 6.00. The molecule has 0 aliphatic carbocycles. The molecule has 1 saturated heterocycles. The van der Waals surface area contributed by atoms with Gasteiger partial charge >= 0.3 is 0 Å². The Hall–Kier alpha value is -0.0900. The molecule has 1 aromatic heterocycles. The molecule has 4 heteroatoms. The summed E-state index contributed by atoms with van der Waals surface area (Å²) in [5, 5.41) is 3.54. The standard InChI is InChI=1S/C13H21ClN2S/c1-3-15-11-6-8-16(9-7-11)10(2)12-4-5-13(14)17-12/h4-5,10-11,15H,3,6-9H2,1-2H3. The number of hydrogen-bond donors (Lipinski definition) is 1. The van der Waals surface area contributed by atoms with Crippen LogP contribution in [0.4, 0.5) is 0 Å². The molecule has 1 aliphatic rings. The molecule has 1 aliphatic heterocycles. The fourth-order valence-corrected chi connectivity index (χ4v) is 3.66. The van der Waals surface area contributed by atoms with E-state index in [-0.39, 0.29) is 0 Å². The Morgan fingerprint density at radius 3 is 2.71 bits per heavy atom. The van der Waals surface area contributed by atoms with Crippen molar-refractivity contribution in [3.05, 3.63) is 21.3 Å². The molecule has 0 amide bonds. The molecule has 0 spiro atoms. The third-order valence-corrected chi connectivity index (χ3v) is 4.98. The number of halogens is 1. The summed E-state index contributed by atoms with van der Waals surface area (Å²) in [6.07, 6.45) is 2.52. The van der Waals surface area contributed by atoms with E-state index in [0.29, 0.717) is 6.04 Å². The zero-order chi connectivity index (χ0) is 12.3. The van der Waals surface area contributed by atoms with Crippen LogP contribution in [-0.4, -0.2) is 30.6 Å². The number of likely N-dealkylation sites (tertiary alicyclic amines) is 1. The maximum Gasteiger partial charge on any atom is 0.0931 e. The Labute approximate surface area is 113 Å². The Morgan fingerprint density at radius 2 is 2.18 bits per heavy atom. The summed E-state index contributed by atoms with van der Waals surface area (Å²) in [4.78, 5) is 3.95. The second-order valence-corrected chi connectivity index (χ2v) is 6.43. The minimum absolute atomic E-state index is 0.509. The molecular formula is C13H21ClN2S. The van der Waals surface area contributed by atoms with Crippen LogP contribution in [0.3, 0.4) is 0 Å². The van der Waals surface area contributed by atoms with Gasteiger partial charge in [-0.25, -0.2) is 0 Å². The lowest BCUT2D eigenvalue weighted by molar-refractivity contribution is 0.155. The van der Waals surface area contributed by atoms with Crippen molar-refractivity contribution in [1.82, 2.24) is 10.2 Å². The van der Waals surface area contributed by atoms with Gasteiger partial charge in [-0.1, -0.05) is 18.5 Å². The van der Waals surface area contributed by atoms with Gasteiger partial charge in [-0.2, -0.15) is 0 Å². The molecule has 1 aromatic rings. The Bertz CT molecular complexity index is 345. The number of hydrogen-bond acceptors (Lipinski definition) is 3. The van der Waals surface area contributed by atoms with Gasteiger partial charge in [0.1, 0.15) is 0 Å². The summed E-state index contributed by atoms with van der Waals surface area (Å²) < 4.78 is 0.898. The predicted molar refractivity (Wildman–Crippen MR) is 76.0 cm³/mol. The molecule has 1 atom stereocenters. The Kier molecular flexibility index (Phi) is 4.86. The molecular weight excluding hydrogens is 252 g/mol. The highest BCUT2D eigenvalue weighted by atomic mass is 35.5. The van der Waals surface area contributed by atoms with Gasteiger partial charge < -0.3 is 5.32 Å². The fraction of sp³-hybridized carbons (Fsp3) is 0.692. The van der Waals surface area contributed by atoms with Gasteiger partial charge in [0.15, 0.2) is 0 Å². The molecule has 2 nitrogen and oxygen atoms in total. The molecule has 1 N–H and O–H groups in total. The zero-order valence-electron chi connectivity index (χ0n) is 10.6. The van der Waals surface area contributed by atoms with E-state index >= 15 is 0 Å². The summed E-state index contributed by atoms with van der Waals surface area (Å²) in [6.45, 7) is 7.93. The topological polar surface area (TPSA) is 15.3 Å². The van der Waals surface area contributed by atoms with Crippen molar-refractivity contribution in [1.29, 1.82) is 0 Å². The third-order valence-electron chi connectivity index (χ3n) is 3.58. The van der Waals surface area contributed by atoms with Crippen LogP contribution < -0.4 is 5.32 Å². The van der Waals surface area contributed by atoms with E-state index < -0.39 is 0 Å². The second-order valence-electron chi connectivity index (χ2n) is 4.69. The van der Waals surface area contributed by atoms with E-state index in [1.54, 1.807) is 11.3 Å². The molecule has 17 heavy (non-hydrogen) atoms. The van der Waals surface area contributed by atoms with E-state index in [1.165, 1.54) is 30.8 Å². The minimum Gasteiger partial charge on any atom is -0.314 e. The molecule has 0 aromatic carbocycles. The third kappa shape index (κ3) is 3.44. The van der Waals surface area contributed by atoms with Gasteiger partial charge in [-0.05, 0) is 38.4 Å². The monoisotopic (exact) mass is 272 g/mol. The molecule has 0 saturated carbocycles. The molecule has 1 fully saturated rings. The van der Waals surface area contributed by atoms with Gasteiger partial charge in [0.05, 0.1) is 4.34 Å². The first kappa shape index (κ1) is 13.3. The molecule has 2 heterocycles. The van der Waals surface area contributed by atoms with E-state index in [2.05, 4.69) is 30.1 Å². The van der Waals surface area contributed by atoms with Crippen molar-refractivity contribution >= 4 is 22.9 Å². The van der Waals surface area contributed by atoms with Crippen LogP contribution in [-0.2, 0) is 0 Å². The van der Waals surface area contributed by atoms with Crippen molar-refractivity contribution in [2.24, 2.45) is 0 Å². The van der Waals surface area contributed by atoms with E-state index in [0.717, 1.165) is 16.9 Å². The fourth-order valence-electron chi connectivity index (χ4n) is 2.51. The van der Waals surface area contributed by atoms with Crippen LogP contribution in [0.5, 0.6) is 0 Å². The quantitative estimate of drug-likeness (QED) is 0.902. The highest BCUT2D eigenvalue weighted by Gasteiger charge is 2.23. The largest absolute Gasteiger partial charge is 0.314 e. The Balaban J connectivity index is 1.88. The summed E-state index contributed by atoms with van der Waals surface area (Å²) in [5.41, 5.74) is 0. The van der Waals surface area contributed by atoms with Crippen molar-refractivity contribution in [3.8, 4) is 0 Å². The van der Waals surface area contributed by atoms with Gasteiger partial charge in [-0.15, -0.1) is 11.3 Å². The van der Waals surface area contributed by atoms with Gasteiger partial charge in [-0.3, -0.25) is 4.90 Å². The molecule has 96 valence electrons. The summed E-state index contributed by atoms with van der Waals surface area (Å²) in [7, 11) is 0. The normalized spacial score (nSPS) is 20.6. The molecule has 1 unspecified atom stereocenters. The first-order valence-corrected chi connectivity index (χ1v) is 7.62. The van der Waals surface area contributed by atoms with E-state index in [9.17, 15) is 0 Å². The average Bonchev–Trinajstić information content (AvgIpc) is 2.76. The SMILES string of the molecule is CCNC1CCN(C(C)c2ccc(Cl)s2)CC1. The van der Waals surface area contributed by atoms with Crippen molar-refractivity contribution < 1.29 is 0 Å². The number of rotatable bonds is 4. The zero-order valence-corrected chi connectivity index (χ0v) is 12.2. The number of nitrogens with one attached hydrogen (secondary N) is 1. The van der Waals surface area contributed by atoms with Crippen LogP contribution in [0.1, 0.15) is 37.6 Å².